The van der Waals surface area contributed by atoms with E-state index in [4.69, 9.17) is 5.73 Å². The molecule has 1 amide bonds. The molecule has 0 bridgehead atoms. The van der Waals surface area contributed by atoms with Crippen LogP contribution < -0.4 is 11.1 Å². The van der Waals surface area contributed by atoms with Crippen molar-refractivity contribution in [2.45, 2.75) is 44.6 Å². The normalized spacial score (nSPS) is 27.2. The number of hydrogen-bond donors (Lipinski definition) is 2. The van der Waals surface area contributed by atoms with Gasteiger partial charge in [-0.2, -0.15) is 0 Å². The number of nitrogens with one attached hydrogen (secondary N) is 1. The predicted molar refractivity (Wildman–Crippen MR) is 68.6 cm³/mol. The third kappa shape index (κ3) is 3.96. The van der Waals surface area contributed by atoms with Gasteiger partial charge in [0.25, 0.3) is 0 Å². The van der Waals surface area contributed by atoms with E-state index in [2.05, 4.69) is 10.2 Å². The van der Waals surface area contributed by atoms with Crippen molar-refractivity contribution in [1.82, 2.24) is 10.2 Å². The van der Waals surface area contributed by atoms with Crippen molar-refractivity contribution in [3.63, 3.8) is 0 Å². The lowest BCUT2D eigenvalue weighted by Gasteiger charge is -2.31. The Balaban J connectivity index is 1.70. The van der Waals surface area contributed by atoms with E-state index in [1.54, 1.807) is 0 Å². The highest BCUT2D eigenvalue weighted by Gasteiger charge is 2.22. The van der Waals surface area contributed by atoms with Gasteiger partial charge in [-0.3, -0.25) is 9.69 Å². The molecular formula is C13H25N3O. The first-order valence-electron chi connectivity index (χ1n) is 6.99. The fourth-order valence-electron chi connectivity index (χ4n) is 3.03. The lowest BCUT2D eigenvalue weighted by Crippen LogP contribution is -2.45. The van der Waals surface area contributed by atoms with Gasteiger partial charge in [-0.15, -0.1) is 0 Å². The maximum absolute atomic E-state index is 11.9. The molecule has 1 saturated carbocycles. The van der Waals surface area contributed by atoms with Crippen molar-refractivity contribution < 1.29 is 4.79 Å². The first-order valence-corrected chi connectivity index (χ1v) is 6.99. The Morgan fingerprint density at radius 3 is 2.71 bits per heavy atom. The van der Waals surface area contributed by atoms with Crippen LogP contribution in [0.15, 0.2) is 0 Å². The molecule has 0 aromatic carbocycles. The summed E-state index contributed by atoms with van der Waals surface area (Å²) < 4.78 is 0. The molecule has 0 radical (unpaired) electrons. The molecule has 17 heavy (non-hydrogen) atoms. The minimum Gasteiger partial charge on any atom is -0.352 e. The summed E-state index contributed by atoms with van der Waals surface area (Å²) in [5.74, 6) is 0.789. The maximum atomic E-state index is 11.9. The molecule has 1 heterocycles. The minimum atomic E-state index is 0.203. The molecule has 0 aromatic heterocycles. The third-order valence-corrected chi connectivity index (χ3v) is 4.02. The van der Waals surface area contributed by atoms with Gasteiger partial charge in [-0.25, -0.2) is 0 Å². The van der Waals surface area contributed by atoms with E-state index in [0.717, 1.165) is 32.5 Å². The molecule has 1 saturated heterocycles. The molecule has 3 N–H and O–H groups in total. The molecule has 0 aromatic rings. The first kappa shape index (κ1) is 12.8. The molecule has 2 fully saturated rings. The van der Waals surface area contributed by atoms with Crippen LogP contribution in [0.1, 0.15) is 38.5 Å². The predicted octanol–water partition coefficient (Wildman–Crippen LogP) is 0.716. The van der Waals surface area contributed by atoms with Crippen LogP contribution in [0.2, 0.25) is 0 Å². The molecule has 0 unspecified atom stereocenters. The first-order chi connectivity index (χ1) is 8.28. The number of carbonyl (C=O) groups is 1. The third-order valence-electron chi connectivity index (χ3n) is 4.02. The van der Waals surface area contributed by atoms with Gasteiger partial charge in [-0.05, 0) is 44.7 Å². The lowest BCUT2D eigenvalue weighted by atomic mass is 9.98. The summed E-state index contributed by atoms with van der Waals surface area (Å²) in [6.45, 7) is 3.36. The summed E-state index contributed by atoms with van der Waals surface area (Å²) in [6.07, 6.45) is 7.26. The number of amides is 1. The highest BCUT2D eigenvalue weighted by molar-refractivity contribution is 5.78. The number of likely N-dealkylation sites (tertiary alicyclic amines) is 1. The van der Waals surface area contributed by atoms with Crippen LogP contribution in [0.5, 0.6) is 0 Å². The van der Waals surface area contributed by atoms with Crippen molar-refractivity contribution in [3.05, 3.63) is 0 Å². The van der Waals surface area contributed by atoms with Crippen molar-refractivity contribution in [1.29, 1.82) is 0 Å². The number of nitrogens with zero attached hydrogens (tertiary/aromatic N) is 1. The van der Waals surface area contributed by atoms with Gasteiger partial charge in [-0.1, -0.05) is 12.8 Å². The van der Waals surface area contributed by atoms with Crippen molar-refractivity contribution >= 4 is 5.91 Å². The maximum Gasteiger partial charge on any atom is 0.234 e. The molecule has 1 aliphatic carbocycles. The second-order valence-corrected chi connectivity index (χ2v) is 5.53. The molecule has 1 atom stereocenters. The largest absolute Gasteiger partial charge is 0.352 e. The number of nitrogens with two attached hydrogens (primary N) is 1. The van der Waals surface area contributed by atoms with Crippen LogP contribution in [0.25, 0.3) is 0 Å². The van der Waals surface area contributed by atoms with Crippen LogP contribution in [0.4, 0.5) is 0 Å². The van der Waals surface area contributed by atoms with Crippen molar-refractivity contribution in [2.75, 3.05) is 26.2 Å². The van der Waals surface area contributed by atoms with Crippen LogP contribution in [0.3, 0.4) is 0 Å². The van der Waals surface area contributed by atoms with E-state index in [1.807, 2.05) is 0 Å². The molecule has 0 spiro atoms. The summed E-state index contributed by atoms with van der Waals surface area (Å²) in [5, 5.41) is 3.15. The summed E-state index contributed by atoms with van der Waals surface area (Å²) in [6, 6.07) is 0.442. The van der Waals surface area contributed by atoms with Gasteiger partial charge in [0, 0.05) is 12.6 Å². The van der Waals surface area contributed by atoms with Crippen molar-refractivity contribution in [3.8, 4) is 0 Å². The van der Waals surface area contributed by atoms with Gasteiger partial charge < -0.3 is 11.1 Å². The van der Waals surface area contributed by atoms with Crippen LogP contribution in [-0.4, -0.2) is 43.0 Å². The Morgan fingerprint density at radius 2 is 2.00 bits per heavy atom. The standard InChI is InChI=1S/C13H25N3O/c14-8-11-4-3-7-16(9-11)10-13(17)15-12-5-1-2-6-12/h11-12H,1-10,14H2,(H,15,17)/t11-/m1/s1. The Kier molecular flexibility index (Phi) is 4.80. The quantitative estimate of drug-likeness (QED) is 0.760. The second-order valence-electron chi connectivity index (χ2n) is 5.53. The summed E-state index contributed by atoms with van der Waals surface area (Å²) in [5.41, 5.74) is 5.70. The fourth-order valence-corrected chi connectivity index (χ4v) is 3.03. The highest BCUT2D eigenvalue weighted by atomic mass is 16.2. The molecule has 2 aliphatic rings. The molecule has 98 valence electrons. The van der Waals surface area contributed by atoms with Crippen LogP contribution >= 0.6 is 0 Å². The minimum absolute atomic E-state index is 0.203. The lowest BCUT2D eigenvalue weighted by molar-refractivity contribution is -0.123. The monoisotopic (exact) mass is 239 g/mol. The smallest absolute Gasteiger partial charge is 0.234 e. The second kappa shape index (κ2) is 6.36. The van der Waals surface area contributed by atoms with E-state index in [0.29, 0.717) is 18.5 Å². The molecule has 4 nitrogen and oxygen atoms in total. The Morgan fingerprint density at radius 1 is 1.24 bits per heavy atom. The van der Waals surface area contributed by atoms with E-state index < -0.39 is 0 Å². The molecule has 2 rings (SSSR count). The zero-order valence-electron chi connectivity index (χ0n) is 10.7. The Labute approximate surface area is 104 Å². The van der Waals surface area contributed by atoms with E-state index >= 15 is 0 Å². The van der Waals surface area contributed by atoms with E-state index in [1.165, 1.54) is 25.7 Å². The van der Waals surface area contributed by atoms with Gasteiger partial charge in [0.15, 0.2) is 0 Å². The van der Waals surface area contributed by atoms with Gasteiger partial charge in [0.1, 0.15) is 0 Å². The number of rotatable bonds is 4. The number of hydrogen-bond acceptors (Lipinski definition) is 3. The number of piperidine rings is 1. The summed E-state index contributed by atoms with van der Waals surface area (Å²) in [4.78, 5) is 14.1. The average molecular weight is 239 g/mol. The van der Waals surface area contributed by atoms with E-state index in [-0.39, 0.29) is 5.91 Å². The molecular weight excluding hydrogens is 214 g/mol. The summed E-state index contributed by atoms with van der Waals surface area (Å²) >= 11 is 0. The Hall–Kier alpha value is -0.610. The molecule has 4 heteroatoms. The Bertz CT molecular complexity index is 251. The zero-order valence-corrected chi connectivity index (χ0v) is 10.7. The van der Waals surface area contributed by atoms with Gasteiger partial charge >= 0.3 is 0 Å². The zero-order chi connectivity index (χ0) is 12.1. The van der Waals surface area contributed by atoms with Gasteiger partial charge in [0.05, 0.1) is 6.54 Å². The SMILES string of the molecule is NC[C@H]1CCCN(CC(=O)NC2CCCC2)C1. The molecule has 1 aliphatic heterocycles. The topological polar surface area (TPSA) is 58.4 Å². The fraction of sp³-hybridized carbons (Fsp3) is 0.923. The van der Waals surface area contributed by atoms with E-state index in [9.17, 15) is 4.79 Å². The summed E-state index contributed by atoms with van der Waals surface area (Å²) in [7, 11) is 0. The van der Waals surface area contributed by atoms with Crippen LogP contribution in [0, 0.1) is 5.92 Å². The number of carbonyl (C=O) groups excluding carboxylic acids is 1. The average Bonchev–Trinajstić information content (AvgIpc) is 2.82. The highest BCUT2D eigenvalue weighted by Crippen LogP contribution is 2.18. The van der Waals surface area contributed by atoms with Gasteiger partial charge in [0.2, 0.25) is 5.91 Å². The van der Waals surface area contributed by atoms with Crippen LogP contribution in [-0.2, 0) is 4.79 Å². The van der Waals surface area contributed by atoms with Crippen molar-refractivity contribution in [2.24, 2.45) is 11.7 Å².